The van der Waals surface area contributed by atoms with Crippen LogP contribution in [0.5, 0.6) is 0 Å². The Balaban J connectivity index is 1.52. The molecular formula is C17H25N3O. The second-order valence-electron chi connectivity index (χ2n) is 6.37. The summed E-state index contributed by atoms with van der Waals surface area (Å²) in [5, 5.41) is 6.53. The molecule has 21 heavy (non-hydrogen) atoms. The molecular weight excluding hydrogens is 262 g/mol. The van der Waals surface area contributed by atoms with E-state index in [1.807, 2.05) is 24.3 Å². The van der Waals surface area contributed by atoms with Gasteiger partial charge < -0.3 is 10.6 Å². The Kier molecular flexibility index (Phi) is 4.56. The largest absolute Gasteiger partial charge is 0.325 e. The van der Waals surface area contributed by atoms with Gasteiger partial charge in [0.1, 0.15) is 0 Å². The zero-order valence-corrected chi connectivity index (χ0v) is 12.8. The molecule has 2 aliphatic rings. The maximum Gasteiger partial charge on any atom is 0.238 e. The van der Waals surface area contributed by atoms with Gasteiger partial charge in [-0.25, -0.2) is 0 Å². The molecule has 1 aliphatic heterocycles. The van der Waals surface area contributed by atoms with E-state index < -0.39 is 0 Å². The molecule has 0 spiro atoms. The van der Waals surface area contributed by atoms with Crippen molar-refractivity contribution in [2.45, 2.75) is 44.7 Å². The zero-order chi connectivity index (χ0) is 14.7. The Morgan fingerprint density at radius 1 is 1.29 bits per heavy atom. The van der Waals surface area contributed by atoms with Crippen LogP contribution in [-0.2, 0) is 4.79 Å². The molecule has 4 heteroatoms. The molecule has 3 rings (SSSR count). The van der Waals surface area contributed by atoms with Crippen molar-refractivity contribution in [2.24, 2.45) is 0 Å². The van der Waals surface area contributed by atoms with Crippen LogP contribution in [-0.4, -0.2) is 42.5 Å². The van der Waals surface area contributed by atoms with Gasteiger partial charge in [0.05, 0.1) is 6.54 Å². The Morgan fingerprint density at radius 3 is 2.67 bits per heavy atom. The van der Waals surface area contributed by atoms with Crippen molar-refractivity contribution < 1.29 is 4.79 Å². The fraction of sp³-hybridized carbons (Fsp3) is 0.588. The third kappa shape index (κ3) is 4.29. The minimum atomic E-state index is 0.101. The van der Waals surface area contributed by atoms with Crippen LogP contribution in [0.2, 0.25) is 0 Å². The van der Waals surface area contributed by atoms with Crippen molar-refractivity contribution in [3.05, 3.63) is 29.8 Å². The van der Waals surface area contributed by atoms with Gasteiger partial charge in [0.2, 0.25) is 5.91 Å². The van der Waals surface area contributed by atoms with E-state index in [0.717, 1.165) is 18.8 Å². The highest BCUT2D eigenvalue weighted by atomic mass is 16.2. The first-order valence-corrected chi connectivity index (χ1v) is 8.04. The van der Waals surface area contributed by atoms with Gasteiger partial charge >= 0.3 is 0 Å². The van der Waals surface area contributed by atoms with Crippen molar-refractivity contribution in [1.29, 1.82) is 0 Å². The number of nitrogens with one attached hydrogen (secondary N) is 2. The summed E-state index contributed by atoms with van der Waals surface area (Å²) in [7, 11) is 0. The zero-order valence-electron chi connectivity index (χ0n) is 12.8. The molecule has 1 atom stereocenters. The fourth-order valence-corrected chi connectivity index (χ4v) is 3.00. The van der Waals surface area contributed by atoms with E-state index in [1.165, 1.54) is 31.2 Å². The van der Waals surface area contributed by atoms with Crippen LogP contribution < -0.4 is 10.6 Å². The van der Waals surface area contributed by atoms with Gasteiger partial charge in [0.15, 0.2) is 0 Å². The normalized spacial score (nSPS) is 21.7. The molecule has 1 aromatic carbocycles. The first kappa shape index (κ1) is 14.5. The van der Waals surface area contributed by atoms with Gasteiger partial charge in [-0.15, -0.1) is 0 Å². The highest BCUT2D eigenvalue weighted by Gasteiger charge is 2.32. The van der Waals surface area contributed by atoms with Crippen molar-refractivity contribution in [1.82, 2.24) is 10.2 Å². The summed E-state index contributed by atoms with van der Waals surface area (Å²) in [6.45, 7) is 4.69. The summed E-state index contributed by atoms with van der Waals surface area (Å²) in [6, 6.07) is 9.17. The number of benzene rings is 1. The lowest BCUT2D eigenvalue weighted by Gasteiger charge is -2.24. The smallest absolute Gasteiger partial charge is 0.238 e. The molecule has 1 saturated heterocycles. The molecule has 1 aromatic rings. The molecule has 1 aliphatic carbocycles. The predicted molar refractivity (Wildman–Crippen MR) is 85.4 cm³/mol. The quantitative estimate of drug-likeness (QED) is 0.842. The van der Waals surface area contributed by atoms with Gasteiger partial charge in [-0.1, -0.05) is 17.7 Å². The van der Waals surface area contributed by atoms with Gasteiger partial charge in [-0.05, 0) is 51.3 Å². The van der Waals surface area contributed by atoms with Gasteiger partial charge in [0, 0.05) is 24.3 Å². The minimum absolute atomic E-state index is 0.101. The van der Waals surface area contributed by atoms with Crippen LogP contribution in [0.3, 0.4) is 0 Å². The number of nitrogens with zero attached hydrogens (tertiary/aromatic N) is 1. The van der Waals surface area contributed by atoms with Gasteiger partial charge in [-0.2, -0.15) is 0 Å². The van der Waals surface area contributed by atoms with Crippen LogP contribution in [0.15, 0.2) is 24.3 Å². The summed E-state index contributed by atoms with van der Waals surface area (Å²) in [6.07, 6.45) is 4.98. The second kappa shape index (κ2) is 6.58. The number of carbonyl (C=O) groups is 1. The number of carbonyl (C=O) groups excluding carboxylic acids is 1. The number of anilines is 1. The highest BCUT2D eigenvalue weighted by molar-refractivity contribution is 5.92. The SMILES string of the molecule is Cc1ccc(NC(=O)CN(CC2CCCN2)C2CC2)cc1. The van der Waals surface area contributed by atoms with Gasteiger partial charge in [-0.3, -0.25) is 9.69 Å². The molecule has 1 saturated carbocycles. The summed E-state index contributed by atoms with van der Waals surface area (Å²) >= 11 is 0. The molecule has 2 N–H and O–H groups in total. The van der Waals surface area contributed by atoms with Crippen molar-refractivity contribution in [2.75, 3.05) is 25.0 Å². The number of hydrogen-bond donors (Lipinski definition) is 2. The van der Waals surface area contributed by atoms with Crippen LogP contribution in [0, 0.1) is 6.92 Å². The van der Waals surface area contributed by atoms with Crippen LogP contribution in [0.1, 0.15) is 31.2 Å². The lowest BCUT2D eigenvalue weighted by Crippen LogP contribution is -2.42. The minimum Gasteiger partial charge on any atom is -0.325 e. The topological polar surface area (TPSA) is 44.4 Å². The van der Waals surface area contributed by atoms with E-state index in [4.69, 9.17) is 0 Å². The Morgan fingerprint density at radius 2 is 2.05 bits per heavy atom. The maximum absolute atomic E-state index is 12.2. The Labute approximate surface area is 126 Å². The summed E-state index contributed by atoms with van der Waals surface area (Å²) in [4.78, 5) is 14.6. The van der Waals surface area contributed by atoms with E-state index in [0.29, 0.717) is 18.6 Å². The number of amides is 1. The lowest BCUT2D eigenvalue weighted by atomic mass is 10.2. The average Bonchev–Trinajstić information content (AvgIpc) is 3.19. The average molecular weight is 287 g/mol. The van der Waals surface area contributed by atoms with E-state index in [1.54, 1.807) is 0 Å². The molecule has 4 nitrogen and oxygen atoms in total. The van der Waals surface area contributed by atoms with Crippen LogP contribution in [0.4, 0.5) is 5.69 Å². The number of aryl methyl sites for hydroxylation is 1. The third-order valence-corrected chi connectivity index (χ3v) is 4.36. The first-order valence-electron chi connectivity index (χ1n) is 8.04. The summed E-state index contributed by atoms with van der Waals surface area (Å²) < 4.78 is 0. The highest BCUT2D eigenvalue weighted by Crippen LogP contribution is 2.27. The predicted octanol–water partition coefficient (Wildman–Crippen LogP) is 2.15. The van der Waals surface area contributed by atoms with Crippen LogP contribution in [0.25, 0.3) is 0 Å². The fourth-order valence-electron chi connectivity index (χ4n) is 3.00. The van der Waals surface area contributed by atoms with Crippen molar-refractivity contribution in [3.63, 3.8) is 0 Å². The van der Waals surface area contributed by atoms with Crippen molar-refractivity contribution >= 4 is 11.6 Å². The molecule has 0 radical (unpaired) electrons. The molecule has 1 amide bonds. The molecule has 0 bridgehead atoms. The number of rotatable bonds is 6. The molecule has 1 heterocycles. The first-order chi connectivity index (χ1) is 10.2. The third-order valence-electron chi connectivity index (χ3n) is 4.36. The molecule has 114 valence electrons. The standard InChI is InChI=1S/C17H25N3O/c1-13-4-6-14(7-5-13)19-17(21)12-20(16-8-9-16)11-15-3-2-10-18-15/h4-7,15-16,18H,2-3,8-12H2,1H3,(H,19,21). The second-order valence-corrected chi connectivity index (χ2v) is 6.37. The summed E-state index contributed by atoms with van der Waals surface area (Å²) in [5.41, 5.74) is 2.10. The van der Waals surface area contributed by atoms with E-state index >= 15 is 0 Å². The van der Waals surface area contributed by atoms with E-state index in [2.05, 4.69) is 22.5 Å². The van der Waals surface area contributed by atoms with Crippen molar-refractivity contribution in [3.8, 4) is 0 Å². The molecule has 1 unspecified atom stereocenters. The molecule has 2 fully saturated rings. The monoisotopic (exact) mass is 287 g/mol. The molecule has 0 aromatic heterocycles. The maximum atomic E-state index is 12.2. The number of hydrogen-bond acceptors (Lipinski definition) is 3. The van der Waals surface area contributed by atoms with Gasteiger partial charge in [0.25, 0.3) is 0 Å². The summed E-state index contributed by atoms with van der Waals surface area (Å²) in [5.74, 6) is 0.101. The van der Waals surface area contributed by atoms with E-state index in [9.17, 15) is 4.79 Å². The van der Waals surface area contributed by atoms with E-state index in [-0.39, 0.29) is 5.91 Å². The lowest BCUT2D eigenvalue weighted by molar-refractivity contribution is -0.117. The Bertz CT molecular complexity index is 475. The Hall–Kier alpha value is -1.39. The van der Waals surface area contributed by atoms with Crippen LogP contribution >= 0.6 is 0 Å².